The minimum atomic E-state index is -0.582. The quantitative estimate of drug-likeness (QED) is 0.719. The third-order valence-corrected chi connectivity index (χ3v) is 3.12. The summed E-state index contributed by atoms with van der Waals surface area (Å²) in [6.45, 7) is 0. The second kappa shape index (κ2) is 8.19. The minimum Gasteiger partial charge on any atom is -0.372 e. The summed E-state index contributed by atoms with van der Waals surface area (Å²) >= 11 is 0. The predicted molar refractivity (Wildman–Crippen MR) is 91.7 cm³/mol. The van der Waals surface area contributed by atoms with Gasteiger partial charge < -0.3 is 11.5 Å². The van der Waals surface area contributed by atoms with Crippen LogP contribution in [0.2, 0.25) is 0 Å². The van der Waals surface area contributed by atoms with Crippen LogP contribution in [0.4, 0.5) is 0 Å². The van der Waals surface area contributed by atoms with Crippen LogP contribution in [0, 0.1) is 0 Å². The maximum Gasteiger partial charge on any atom is 0.269 e. The number of nitrogens with two attached hydrogens (primary N) is 2. The number of carbonyl (C=O) groups excluding carboxylic acids is 2. The van der Waals surface area contributed by atoms with Crippen molar-refractivity contribution in [2.45, 2.75) is 0 Å². The summed E-state index contributed by atoms with van der Waals surface area (Å²) in [4.78, 5) is 28.9. The first-order valence-electron chi connectivity index (χ1n) is 7.10. The molecule has 0 aliphatic rings. The summed E-state index contributed by atoms with van der Waals surface area (Å²) in [5.41, 5.74) is 12.7. The van der Waals surface area contributed by atoms with E-state index in [1.807, 2.05) is 60.7 Å². The predicted octanol–water partition coefficient (Wildman–Crippen LogP) is 2.01. The fourth-order valence-electron chi connectivity index (χ4n) is 2.11. The summed E-state index contributed by atoms with van der Waals surface area (Å²) < 4.78 is 0. The van der Waals surface area contributed by atoms with Crippen LogP contribution in [-0.4, -0.2) is 22.3 Å². The molecule has 0 saturated heterocycles. The number of rotatable bonds is 3. The highest BCUT2D eigenvalue weighted by atomic mass is 16.1. The number of hydrogen-bond donors (Lipinski definition) is 2. The molecule has 1 aromatic heterocycles. The smallest absolute Gasteiger partial charge is 0.269 e. The normalized spacial score (nSPS) is 9.50. The Morgan fingerprint density at radius 2 is 1.42 bits per heavy atom. The van der Waals surface area contributed by atoms with Crippen LogP contribution in [0.15, 0.2) is 66.9 Å². The van der Waals surface area contributed by atoms with Crippen molar-refractivity contribution in [1.29, 1.82) is 0 Å². The van der Waals surface area contributed by atoms with Gasteiger partial charge in [0.05, 0.1) is 11.9 Å². The summed E-state index contributed by atoms with van der Waals surface area (Å²) in [5.74, 6) is -0.582. The van der Waals surface area contributed by atoms with Gasteiger partial charge in [0.25, 0.3) is 5.91 Å². The molecule has 2 aromatic carbocycles. The summed E-state index contributed by atoms with van der Waals surface area (Å²) in [5, 5.41) is 0. The number of primary amides is 2. The zero-order chi connectivity index (χ0) is 17.4. The Kier molecular flexibility index (Phi) is 5.74. The van der Waals surface area contributed by atoms with E-state index in [1.165, 1.54) is 0 Å². The molecule has 3 aromatic rings. The molecule has 6 nitrogen and oxygen atoms in total. The van der Waals surface area contributed by atoms with Crippen LogP contribution in [0.5, 0.6) is 0 Å². The van der Waals surface area contributed by atoms with E-state index < -0.39 is 5.91 Å². The fourth-order valence-corrected chi connectivity index (χ4v) is 2.11. The van der Waals surface area contributed by atoms with Crippen molar-refractivity contribution >= 4 is 12.3 Å². The van der Waals surface area contributed by atoms with Gasteiger partial charge in [-0.2, -0.15) is 0 Å². The van der Waals surface area contributed by atoms with E-state index in [9.17, 15) is 4.79 Å². The first-order valence-corrected chi connectivity index (χ1v) is 7.10. The van der Waals surface area contributed by atoms with Crippen molar-refractivity contribution in [3.63, 3.8) is 0 Å². The molecule has 0 bridgehead atoms. The average Bonchev–Trinajstić information content (AvgIpc) is 2.63. The summed E-state index contributed by atoms with van der Waals surface area (Å²) in [6.07, 6.45) is 1.82. The zero-order valence-electron chi connectivity index (χ0n) is 12.8. The van der Waals surface area contributed by atoms with E-state index in [-0.39, 0.29) is 12.1 Å². The SMILES string of the molecule is NC(=O)c1ncc(-c2ccccc2)nc1-c1ccccc1.NC=O. The molecular formula is C18H16N4O2. The number of benzene rings is 2. The minimum absolute atomic E-state index is 0.181. The second-order valence-corrected chi connectivity index (χ2v) is 4.68. The zero-order valence-corrected chi connectivity index (χ0v) is 12.8. The molecule has 0 unspecified atom stereocenters. The van der Waals surface area contributed by atoms with E-state index in [2.05, 4.69) is 15.7 Å². The Balaban J connectivity index is 0.000000647. The molecular weight excluding hydrogens is 304 g/mol. The molecule has 0 fully saturated rings. The lowest BCUT2D eigenvalue weighted by Crippen LogP contribution is -2.15. The topological polar surface area (TPSA) is 112 Å². The number of aromatic nitrogens is 2. The summed E-state index contributed by atoms with van der Waals surface area (Å²) in [7, 11) is 0. The Morgan fingerprint density at radius 1 is 0.917 bits per heavy atom. The van der Waals surface area contributed by atoms with Crippen molar-refractivity contribution < 1.29 is 9.59 Å². The molecule has 0 aliphatic carbocycles. The molecule has 0 atom stereocenters. The van der Waals surface area contributed by atoms with Crippen molar-refractivity contribution in [1.82, 2.24) is 9.97 Å². The molecule has 6 heteroatoms. The molecule has 0 aliphatic heterocycles. The fraction of sp³-hybridized carbons (Fsp3) is 0. The summed E-state index contributed by atoms with van der Waals surface area (Å²) in [6, 6.07) is 19.1. The molecule has 3 rings (SSSR count). The number of hydrogen-bond acceptors (Lipinski definition) is 4. The van der Waals surface area contributed by atoms with E-state index in [4.69, 9.17) is 10.5 Å². The Labute approximate surface area is 139 Å². The van der Waals surface area contributed by atoms with E-state index in [0.29, 0.717) is 11.4 Å². The van der Waals surface area contributed by atoms with E-state index in [1.54, 1.807) is 6.20 Å². The van der Waals surface area contributed by atoms with Crippen LogP contribution >= 0.6 is 0 Å². The molecule has 0 saturated carbocycles. The van der Waals surface area contributed by atoms with Gasteiger partial charge in [-0.05, 0) is 0 Å². The van der Waals surface area contributed by atoms with E-state index >= 15 is 0 Å². The maximum atomic E-state index is 11.6. The maximum absolute atomic E-state index is 11.6. The van der Waals surface area contributed by atoms with Crippen LogP contribution in [-0.2, 0) is 4.79 Å². The van der Waals surface area contributed by atoms with E-state index in [0.717, 1.165) is 11.1 Å². The molecule has 120 valence electrons. The monoisotopic (exact) mass is 320 g/mol. The highest BCUT2D eigenvalue weighted by Gasteiger charge is 2.14. The molecule has 2 amide bonds. The first-order chi connectivity index (χ1) is 11.7. The molecule has 24 heavy (non-hydrogen) atoms. The van der Waals surface area contributed by atoms with Crippen molar-refractivity contribution in [2.24, 2.45) is 11.5 Å². The van der Waals surface area contributed by atoms with Crippen molar-refractivity contribution in [3.8, 4) is 22.5 Å². The largest absolute Gasteiger partial charge is 0.372 e. The number of amides is 2. The van der Waals surface area contributed by atoms with Gasteiger partial charge in [-0.25, -0.2) is 9.97 Å². The van der Waals surface area contributed by atoms with Crippen molar-refractivity contribution in [2.75, 3.05) is 0 Å². The number of nitrogens with zero attached hydrogens (tertiary/aromatic N) is 2. The lowest BCUT2D eigenvalue weighted by Gasteiger charge is -2.08. The van der Waals surface area contributed by atoms with Crippen LogP contribution in [0.1, 0.15) is 10.5 Å². The Hall–Kier alpha value is -3.54. The second-order valence-electron chi connectivity index (χ2n) is 4.68. The van der Waals surface area contributed by atoms with Gasteiger partial charge in [0.1, 0.15) is 5.69 Å². The van der Waals surface area contributed by atoms with Crippen molar-refractivity contribution in [3.05, 3.63) is 72.6 Å². The van der Waals surface area contributed by atoms with Gasteiger partial charge in [-0.15, -0.1) is 0 Å². The van der Waals surface area contributed by atoms with Crippen LogP contribution in [0.25, 0.3) is 22.5 Å². The molecule has 0 spiro atoms. The lowest BCUT2D eigenvalue weighted by molar-refractivity contribution is -0.106. The highest BCUT2D eigenvalue weighted by Crippen LogP contribution is 2.24. The Morgan fingerprint density at radius 3 is 1.92 bits per heavy atom. The molecule has 1 heterocycles. The highest BCUT2D eigenvalue weighted by molar-refractivity contribution is 5.97. The van der Waals surface area contributed by atoms with Gasteiger partial charge >= 0.3 is 0 Å². The first kappa shape index (κ1) is 16.8. The van der Waals surface area contributed by atoms with Gasteiger partial charge in [0, 0.05) is 11.1 Å². The number of carbonyl (C=O) groups is 2. The average molecular weight is 320 g/mol. The standard InChI is InChI=1S/C17H13N3O.CH3NO/c18-17(21)16-15(13-9-5-2-6-10-13)20-14(11-19-16)12-7-3-1-4-8-12;2-1-3/h1-11H,(H2,18,21);1H,(H2,2,3). The van der Waals surface area contributed by atoms with Gasteiger partial charge in [0.15, 0.2) is 5.69 Å². The Bertz CT molecular complexity index is 821. The lowest BCUT2D eigenvalue weighted by atomic mass is 10.1. The van der Waals surface area contributed by atoms with Crippen LogP contribution in [0.3, 0.4) is 0 Å². The van der Waals surface area contributed by atoms with Crippen LogP contribution < -0.4 is 11.5 Å². The molecule has 0 radical (unpaired) electrons. The van der Waals surface area contributed by atoms with Gasteiger partial charge in [-0.3, -0.25) is 9.59 Å². The third-order valence-electron chi connectivity index (χ3n) is 3.12. The van der Waals surface area contributed by atoms with Gasteiger partial charge in [-0.1, -0.05) is 60.7 Å². The van der Waals surface area contributed by atoms with Gasteiger partial charge in [0.2, 0.25) is 6.41 Å². The third kappa shape index (κ3) is 4.01. The molecule has 4 N–H and O–H groups in total.